The molecule has 0 aliphatic heterocycles. The van der Waals surface area contributed by atoms with Crippen LogP contribution >= 0.6 is 34.4 Å². The van der Waals surface area contributed by atoms with Crippen molar-refractivity contribution in [2.24, 2.45) is 0 Å². The van der Waals surface area contributed by atoms with Crippen LogP contribution in [0.3, 0.4) is 0 Å². The van der Waals surface area contributed by atoms with Crippen LogP contribution in [-0.2, 0) is 5.75 Å². The van der Waals surface area contributed by atoms with Crippen LogP contribution in [0.25, 0.3) is 20.9 Å². The third-order valence-corrected chi connectivity index (χ3v) is 5.84. The van der Waals surface area contributed by atoms with Gasteiger partial charge in [-0.1, -0.05) is 30.0 Å². The molecule has 0 saturated carbocycles. The van der Waals surface area contributed by atoms with E-state index in [2.05, 4.69) is 26.2 Å². The molecule has 0 amide bonds. The highest BCUT2D eigenvalue weighted by Crippen LogP contribution is 2.28. The van der Waals surface area contributed by atoms with Crippen LogP contribution < -0.4 is 0 Å². The summed E-state index contributed by atoms with van der Waals surface area (Å²) in [4.78, 5) is 10.2. The van der Waals surface area contributed by atoms with Crippen molar-refractivity contribution in [3.05, 3.63) is 46.8 Å². The molecule has 0 saturated heterocycles. The number of aromatic nitrogens is 4. The Morgan fingerprint density at radius 3 is 2.90 bits per heavy atom. The predicted molar refractivity (Wildman–Crippen MR) is 88.9 cm³/mol. The van der Waals surface area contributed by atoms with Crippen LogP contribution in [0.4, 0.5) is 0 Å². The lowest BCUT2D eigenvalue weighted by atomic mass is 10.3. The predicted octanol–water partition coefficient (Wildman–Crippen LogP) is 4.44. The van der Waals surface area contributed by atoms with Crippen molar-refractivity contribution in [1.82, 2.24) is 20.2 Å². The molecule has 0 spiro atoms. The molecule has 4 rings (SSSR count). The van der Waals surface area contributed by atoms with Crippen LogP contribution in [0.1, 0.15) is 5.01 Å². The average molecular weight is 330 g/mol. The number of aromatic amines is 1. The van der Waals surface area contributed by atoms with Gasteiger partial charge < -0.3 is 0 Å². The Morgan fingerprint density at radius 2 is 2.05 bits per heavy atom. The van der Waals surface area contributed by atoms with Gasteiger partial charge >= 0.3 is 0 Å². The number of nitrogens with zero attached hydrogens (tertiary/aromatic N) is 3. The topological polar surface area (TPSA) is 54.5 Å². The van der Waals surface area contributed by atoms with Crippen molar-refractivity contribution < 1.29 is 0 Å². The molecule has 3 heterocycles. The van der Waals surface area contributed by atoms with Crippen molar-refractivity contribution in [3.63, 3.8) is 0 Å². The largest absolute Gasteiger partial charge is 0.257 e. The lowest BCUT2D eigenvalue weighted by Gasteiger charge is -1.91. The first kappa shape index (κ1) is 13.0. The zero-order valence-corrected chi connectivity index (χ0v) is 13.3. The van der Waals surface area contributed by atoms with Gasteiger partial charge in [0.15, 0.2) is 5.82 Å². The van der Waals surface area contributed by atoms with E-state index in [1.165, 1.54) is 4.70 Å². The minimum Gasteiger partial charge on any atom is -0.257 e. The fourth-order valence-electron chi connectivity index (χ4n) is 1.94. The average Bonchev–Trinajstić information content (AvgIpc) is 3.23. The van der Waals surface area contributed by atoms with Gasteiger partial charge in [-0.15, -0.1) is 27.8 Å². The second-order valence-electron chi connectivity index (χ2n) is 4.31. The molecular formula is C14H10N4S3. The second-order valence-corrected chi connectivity index (χ2v) is 7.31. The number of thioether (sulfide) groups is 1. The number of thiazole rings is 1. The number of rotatable bonds is 4. The Labute approximate surface area is 133 Å². The van der Waals surface area contributed by atoms with Gasteiger partial charge in [0.05, 0.1) is 20.8 Å². The van der Waals surface area contributed by atoms with E-state index in [9.17, 15) is 0 Å². The van der Waals surface area contributed by atoms with Crippen LogP contribution in [0.2, 0.25) is 0 Å². The van der Waals surface area contributed by atoms with Gasteiger partial charge in [-0.2, -0.15) is 0 Å². The number of hydrogen-bond acceptors (Lipinski definition) is 6. The molecule has 0 fully saturated rings. The van der Waals surface area contributed by atoms with Gasteiger partial charge in [-0.3, -0.25) is 5.10 Å². The highest BCUT2D eigenvalue weighted by Gasteiger charge is 2.09. The second kappa shape index (κ2) is 5.59. The minimum absolute atomic E-state index is 0.762. The first-order valence-corrected chi connectivity index (χ1v) is 9.00. The van der Waals surface area contributed by atoms with Gasteiger partial charge in [-0.05, 0) is 23.6 Å². The SMILES string of the molecule is c1csc(-c2nc(SCc3nc4ccccc4s3)n[nH]2)c1. The zero-order valence-electron chi connectivity index (χ0n) is 10.8. The molecule has 1 N–H and O–H groups in total. The Bertz CT molecular complexity index is 830. The molecule has 104 valence electrons. The number of benzene rings is 1. The van der Waals surface area contributed by atoms with E-state index < -0.39 is 0 Å². The first-order chi connectivity index (χ1) is 10.4. The number of nitrogens with one attached hydrogen (secondary N) is 1. The van der Waals surface area contributed by atoms with E-state index in [1.54, 1.807) is 34.4 Å². The molecule has 1 aromatic carbocycles. The van der Waals surface area contributed by atoms with Gasteiger partial charge in [0, 0.05) is 0 Å². The lowest BCUT2D eigenvalue weighted by molar-refractivity contribution is 0.973. The maximum absolute atomic E-state index is 4.62. The molecule has 4 aromatic rings. The van der Waals surface area contributed by atoms with Crippen LogP contribution in [0, 0.1) is 0 Å². The quantitative estimate of drug-likeness (QED) is 0.562. The number of thiophene rings is 1. The summed E-state index contributed by atoms with van der Waals surface area (Å²) >= 11 is 4.98. The fourth-order valence-corrected chi connectivity index (χ4v) is 4.36. The van der Waals surface area contributed by atoms with E-state index in [0.29, 0.717) is 0 Å². The molecule has 0 atom stereocenters. The molecule has 0 radical (unpaired) electrons. The van der Waals surface area contributed by atoms with Crippen molar-refractivity contribution in [3.8, 4) is 10.7 Å². The summed E-state index contributed by atoms with van der Waals surface area (Å²) in [6.45, 7) is 0. The Morgan fingerprint density at radius 1 is 1.10 bits per heavy atom. The van der Waals surface area contributed by atoms with E-state index >= 15 is 0 Å². The number of hydrogen-bond donors (Lipinski definition) is 1. The smallest absolute Gasteiger partial charge is 0.209 e. The monoisotopic (exact) mass is 330 g/mol. The van der Waals surface area contributed by atoms with Crippen molar-refractivity contribution >= 4 is 44.7 Å². The summed E-state index contributed by atoms with van der Waals surface area (Å²) in [5, 5.41) is 11.1. The molecule has 21 heavy (non-hydrogen) atoms. The van der Waals surface area contributed by atoms with Crippen LogP contribution in [0.15, 0.2) is 46.9 Å². The molecule has 0 unspecified atom stereocenters. The summed E-state index contributed by atoms with van der Waals surface area (Å²) in [6, 6.07) is 12.2. The standard InChI is InChI=1S/C14H10N4S3/c1-2-5-10-9(4-1)15-12(21-10)8-20-14-16-13(17-18-14)11-6-3-7-19-11/h1-7H,8H2,(H,16,17,18). The molecule has 0 aliphatic rings. The third kappa shape index (κ3) is 2.72. The maximum Gasteiger partial charge on any atom is 0.209 e. The van der Waals surface area contributed by atoms with Crippen LogP contribution in [0.5, 0.6) is 0 Å². The van der Waals surface area contributed by atoms with Crippen molar-refractivity contribution in [2.45, 2.75) is 10.9 Å². The minimum atomic E-state index is 0.762. The molecule has 0 aliphatic carbocycles. The number of para-hydroxylation sites is 1. The van der Waals surface area contributed by atoms with Gasteiger partial charge in [-0.25, -0.2) is 9.97 Å². The van der Waals surface area contributed by atoms with E-state index in [-0.39, 0.29) is 0 Å². The maximum atomic E-state index is 4.62. The summed E-state index contributed by atoms with van der Waals surface area (Å²) in [6.07, 6.45) is 0. The van der Waals surface area contributed by atoms with Crippen LogP contribution in [-0.4, -0.2) is 20.2 Å². The van der Waals surface area contributed by atoms with E-state index in [1.807, 2.05) is 35.7 Å². The Kier molecular flexibility index (Phi) is 3.46. The molecule has 3 aromatic heterocycles. The van der Waals surface area contributed by atoms with Gasteiger partial charge in [0.1, 0.15) is 5.01 Å². The Balaban J connectivity index is 1.49. The van der Waals surface area contributed by atoms with Crippen molar-refractivity contribution in [2.75, 3.05) is 0 Å². The number of fused-ring (bicyclic) bond motifs is 1. The molecular weight excluding hydrogens is 320 g/mol. The first-order valence-electron chi connectivity index (χ1n) is 6.32. The van der Waals surface area contributed by atoms with E-state index in [4.69, 9.17) is 0 Å². The number of H-pyrrole nitrogens is 1. The highest BCUT2D eigenvalue weighted by atomic mass is 32.2. The van der Waals surface area contributed by atoms with Gasteiger partial charge in [0.2, 0.25) is 5.16 Å². The Hall–Kier alpha value is -1.70. The fraction of sp³-hybridized carbons (Fsp3) is 0.0714. The normalized spacial score (nSPS) is 11.2. The van der Waals surface area contributed by atoms with Gasteiger partial charge in [0.25, 0.3) is 0 Å². The molecule has 4 nitrogen and oxygen atoms in total. The summed E-state index contributed by atoms with van der Waals surface area (Å²) in [5.41, 5.74) is 1.06. The third-order valence-electron chi connectivity index (χ3n) is 2.88. The zero-order chi connectivity index (χ0) is 14.1. The lowest BCUT2D eigenvalue weighted by Crippen LogP contribution is -1.80. The molecule has 7 heteroatoms. The van der Waals surface area contributed by atoms with E-state index in [0.717, 1.165) is 32.1 Å². The van der Waals surface area contributed by atoms with Crippen molar-refractivity contribution in [1.29, 1.82) is 0 Å². The highest BCUT2D eigenvalue weighted by molar-refractivity contribution is 7.98. The summed E-state index contributed by atoms with van der Waals surface area (Å²) < 4.78 is 1.22. The summed E-state index contributed by atoms with van der Waals surface area (Å²) in [5.74, 6) is 1.62. The summed E-state index contributed by atoms with van der Waals surface area (Å²) in [7, 11) is 0. The molecule has 0 bridgehead atoms.